The molecule has 1 aliphatic rings. The number of nitrogens with zero attached hydrogens (tertiary/aromatic N) is 5. The lowest BCUT2D eigenvalue weighted by atomic mass is 10.2. The Morgan fingerprint density at radius 1 is 1.29 bits per heavy atom. The fraction of sp³-hybridized carbons (Fsp3) is 0.875. The first-order valence-corrected chi connectivity index (χ1v) is 5.06. The quantitative estimate of drug-likeness (QED) is 0.719. The highest BCUT2D eigenvalue weighted by Crippen LogP contribution is 2.05. The molecule has 1 N–H and O–H groups in total. The van der Waals surface area contributed by atoms with Gasteiger partial charge in [0.15, 0.2) is 5.82 Å². The molecule has 1 aromatic heterocycles. The normalized spacial score (nSPS) is 18.6. The van der Waals surface area contributed by atoms with E-state index in [9.17, 15) is 0 Å². The largest absolute Gasteiger partial charge is 0.247 e. The highest BCUT2D eigenvalue weighted by molar-refractivity contribution is 4.74. The van der Waals surface area contributed by atoms with Gasteiger partial charge in [-0.15, -0.1) is 10.2 Å². The molecule has 1 saturated heterocycles. The summed E-state index contributed by atoms with van der Waals surface area (Å²) in [6.45, 7) is 2.92. The van der Waals surface area contributed by atoms with Gasteiger partial charge >= 0.3 is 0 Å². The Morgan fingerprint density at radius 3 is 2.71 bits per heavy atom. The van der Waals surface area contributed by atoms with E-state index in [-0.39, 0.29) is 0 Å². The van der Waals surface area contributed by atoms with E-state index in [0.29, 0.717) is 6.54 Å². The molecule has 6 nitrogen and oxygen atoms in total. The number of hydrazine groups is 1. The zero-order valence-corrected chi connectivity index (χ0v) is 8.48. The Morgan fingerprint density at radius 2 is 2.07 bits per heavy atom. The molecule has 0 aromatic carbocycles. The van der Waals surface area contributed by atoms with Crippen molar-refractivity contribution in [3.05, 3.63) is 5.82 Å². The van der Waals surface area contributed by atoms with Gasteiger partial charge in [-0.1, -0.05) is 6.42 Å². The highest BCUT2D eigenvalue weighted by Gasteiger charge is 2.10. The minimum atomic E-state index is 0.674. The van der Waals surface area contributed by atoms with Crippen LogP contribution in [0.25, 0.3) is 0 Å². The molecule has 0 spiro atoms. The van der Waals surface area contributed by atoms with Gasteiger partial charge in [-0.25, -0.2) is 10.4 Å². The number of hydrogen-bond donors (Lipinski definition) is 1. The fourth-order valence-corrected chi connectivity index (χ4v) is 1.63. The lowest BCUT2D eigenvalue weighted by Gasteiger charge is -2.26. The molecule has 2 rings (SSSR count). The minimum Gasteiger partial charge on any atom is -0.247 e. The first kappa shape index (κ1) is 9.54. The Hall–Kier alpha value is -1.01. The lowest BCUT2D eigenvalue weighted by Crippen LogP contribution is -2.41. The number of aromatic nitrogens is 4. The third kappa shape index (κ3) is 2.49. The van der Waals surface area contributed by atoms with Crippen molar-refractivity contribution >= 4 is 0 Å². The van der Waals surface area contributed by atoms with Crippen LogP contribution in [0.5, 0.6) is 0 Å². The third-order valence-corrected chi connectivity index (χ3v) is 2.37. The van der Waals surface area contributed by atoms with Crippen molar-refractivity contribution in [3.63, 3.8) is 0 Å². The summed E-state index contributed by atoms with van der Waals surface area (Å²) in [6.07, 6.45) is 3.91. The predicted octanol–water partition coefficient (Wildman–Crippen LogP) is -0.299. The Bertz CT molecular complexity index is 277. The van der Waals surface area contributed by atoms with Crippen LogP contribution in [0.1, 0.15) is 25.1 Å². The third-order valence-electron chi connectivity index (χ3n) is 2.37. The van der Waals surface area contributed by atoms with E-state index >= 15 is 0 Å². The molecule has 1 fully saturated rings. The molecule has 0 aliphatic carbocycles. The first-order chi connectivity index (χ1) is 6.84. The van der Waals surface area contributed by atoms with Crippen LogP contribution in [0.4, 0.5) is 0 Å². The molecule has 78 valence electrons. The van der Waals surface area contributed by atoms with E-state index in [1.54, 1.807) is 7.05 Å². The minimum absolute atomic E-state index is 0.674. The second kappa shape index (κ2) is 4.47. The number of tetrazole rings is 1. The summed E-state index contributed by atoms with van der Waals surface area (Å²) >= 11 is 0. The molecule has 0 unspecified atom stereocenters. The highest BCUT2D eigenvalue weighted by atomic mass is 15.6. The van der Waals surface area contributed by atoms with Gasteiger partial charge in [0.25, 0.3) is 0 Å². The maximum Gasteiger partial charge on any atom is 0.189 e. The molecular weight excluding hydrogens is 180 g/mol. The van der Waals surface area contributed by atoms with Crippen molar-refractivity contribution in [2.45, 2.75) is 25.8 Å². The Balaban J connectivity index is 1.76. The number of hydrogen-bond acceptors (Lipinski definition) is 5. The molecule has 0 bridgehead atoms. The summed E-state index contributed by atoms with van der Waals surface area (Å²) in [7, 11) is 1.78. The number of aryl methyl sites for hydroxylation is 1. The van der Waals surface area contributed by atoms with Crippen molar-refractivity contribution in [1.29, 1.82) is 0 Å². The summed E-state index contributed by atoms with van der Waals surface area (Å²) in [6, 6.07) is 0. The van der Waals surface area contributed by atoms with Gasteiger partial charge < -0.3 is 0 Å². The van der Waals surface area contributed by atoms with Gasteiger partial charge in [-0.2, -0.15) is 4.80 Å². The number of rotatable bonds is 3. The van der Waals surface area contributed by atoms with Crippen LogP contribution in [0.3, 0.4) is 0 Å². The summed E-state index contributed by atoms with van der Waals surface area (Å²) in [5.41, 5.74) is 3.31. The van der Waals surface area contributed by atoms with Crippen LogP contribution in [-0.4, -0.2) is 38.3 Å². The molecule has 1 aromatic rings. The van der Waals surface area contributed by atoms with Crippen molar-refractivity contribution in [2.24, 2.45) is 7.05 Å². The van der Waals surface area contributed by atoms with E-state index in [2.05, 4.69) is 25.8 Å². The Kier molecular flexibility index (Phi) is 3.05. The van der Waals surface area contributed by atoms with Gasteiger partial charge in [0.05, 0.1) is 13.6 Å². The first-order valence-electron chi connectivity index (χ1n) is 5.06. The Labute approximate surface area is 83.2 Å². The summed E-state index contributed by atoms with van der Waals surface area (Å²) in [4.78, 5) is 1.48. The predicted molar refractivity (Wildman–Crippen MR) is 51.1 cm³/mol. The van der Waals surface area contributed by atoms with E-state index in [1.807, 2.05) is 0 Å². The van der Waals surface area contributed by atoms with Crippen molar-refractivity contribution < 1.29 is 0 Å². The van der Waals surface area contributed by atoms with Gasteiger partial charge in [0.2, 0.25) is 0 Å². The van der Waals surface area contributed by atoms with Crippen molar-refractivity contribution in [3.8, 4) is 0 Å². The SMILES string of the molecule is Cn1nnc(CNN2CCCCC2)n1. The molecule has 1 aliphatic heterocycles. The van der Waals surface area contributed by atoms with Gasteiger partial charge in [-0.3, -0.25) is 0 Å². The molecule has 0 amide bonds. The van der Waals surface area contributed by atoms with Gasteiger partial charge in [0, 0.05) is 13.1 Å². The molecule has 0 atom stereocenters. The van der Waals surface area contributed by atoms with Crippen LogP contribution in [0, 0.1) is 0 Å². The summed E-state index contributed by atoms with van der Waals surface area (Å²) in [5.74, 6) is 0.748. The summed E-state index contributed by atoms with van der Waals surface area (Å²) in [5, 5.41) is 14.0. The standard InChI is InChI=1S/C8H16N6/c1-13-11-8(10-12-13)7-9-14-5-3-2-4-6-14/h9H,2-7H2,1H3. The topological polar surface area (TPSA) is 58.9 Å². The maximum atomic E-state index is 4.10. The second-order valence-electron chi connectivity index (χ2n) is 3.58. The molecule has 2 heterocycles. The molecular formula is C8H16N6. The van der Waals surface area contributed by atoms with E-state index in [4.69, 9.17) is 0 Å². The zero-order valence-electron chi connectivity index (χ0n) is 8.48. The summed E-state index contributed by atoms with van der Waals surface area (Å²) < 4.78 is 0. The zero-order chi connectivity index (χ0) is 9.80. The fourth-order valence-electron chi connectivity index (χ4n) is 1.63. The molecule has 0 radical (unpaired) electrons. The van der Waals surface area contributed by atoms with E-state index in [0.717, 1.165) is 18.9 Å². The smallest absolute Gasteiger partial charge is 0.189 e. The van der Waals surface area contributed by atoms with Gasteiger partial charge in [0.1, 0.15) is 0 Å². The van der Waals surface area contributed by atoms with Crippen molar-refractivity contribution in [1.82, 2.24) is 30.6 Å². The lowest BCUT2D eigenvalue weighted by molar-refractivity contribution is 0.149. The van der Waals surface area contributed by atoms with Gasteiger partial charge in [-0.05, 0) is 18.1 Å². The second-order valence-corrected chi connectivity index (χ2v) is 3.58. The average molecular weight is 196 g/mol. The molecule has 14 heavy (non-hydrogen) atoms. The van der Waals surface area contributed by atoms with Crippen LogP contribution in [0.15, 0.2) is 0 Å². The van der Waals surface area contributed by atoms with Crippen molar-refractivity contribution in [2.75, 3.05) is 13.1 Å². The monoisotopic (exact) mass is 196 g/mol. The number of piperidine rings is 1. The average Bonchev–Trinajstić information content (AvgIpc) is 2.63. The van der Waals surface area contributed by atoms with Crippen LogP contribution in [-0.2, 0) is 13.6 Å². The van der Waals surface area contributed by atoms with Crippen LogP contribution in [0.2, 0.25) is 0 Å². The maximum absolute atomic E-state index is 4.10. The van der Waals surface area contributed by atoms with E-state index in [1.165, 1.54) is 24.1 Å². The van der Waals surface area contributed by atoms with Crippen LogP contribution < -0.4 is 5.43 Å². The molecule has 0 saturated carbocycles. The number of nitrogens with one attached hydrogen (secondary N) is 1. The van der Waals surface area contributed by atoms with E-state index < -0.39 is 0 Å². The molecule has 6 heteroatoms. The van der Waals surface area contributed by atoms with Crippen LogP contribution >= 0.6 is 0 Å².